The molecule has 0 saturated carbocycles. The zero-order chi connectivity index (χ0) is 19.1. The fourth-order valence-electron chi connectivity index (χ4n) is 2.66. The van der Waals surface area contributed by atoms with Crippen molar-refractivity contribution in [2.24, 2.45) is 4.99 Å². The number of guanidine groups is 1. The highest BCUT2D eigenvalue weighted by Crippen LogP contribution is 2.18. The van der Waals surface area contributed by atoms with Crippen LogP contribution in [0.15, 0.2) is 39.8 Å². The fourth-order valence-corrected chi connectivity index (χ4v) is 2.66. The van der Waals surface area contributed by atoms with Crippen molar-refractivity contribution in [2.45, 2.75) is 39.3 Å². The van der Waals surface area contributed by atoms with Gasteiger partial charge in [-0.25, -0.2) is 0 Å². The Morgan fingerprint density at radius 1 is 1.19 bits per heavy atom. The summed E-state index contributed by atoms with van der Waals surface area (Å²) in [6.07, 6.45) is 0. The molecule has 1 heterocycles. The SMILES string of the molecule is CN=C(NCc1cc(C(C)C)no1)NCC(c1ccc(C)cc1)N(C)C. The number of aryl methyl sites for hydroxylation is 1. The van der Waals surface area contributed by atoms with E-state index in [-0.39, 0.29) is 6.04 Å². The topological polar surface area (TPSA) is 65.7 Å². The zero-order valence-electron chi connectivity index (χ0n) is 16.7. The molecule has 142 valence electrons. The van der Waals surface area contributed by atoms with Gasteiger partial charge in [-0.2, -0.15) is 0 Å². The van der Waals surface area contributed by atoms with Crippen molar-refractivity contribution < 1.29 is 4.52 Å². The third-order valence-electron chi connectivity index (χ3n) is 4.37. The Bertz CT molecular complexity index is 703. The first kappa shape index (κ1) is 20.0. The molecule has 26 heavy (non-hydrogen) atoms. The van der Waals surface area contributed by atoms with E-state index in [4.69, 9.17) is 4.52 Å². The van der Waals surface area contributed by atoms with Crippen molar-refractivity contribution in [2.75, 3.05) is 27.7 Å². The van der Waals surface area contributed by atoms with Crippen LogP contribution in [0, 0.1) is 6.92 Å². The predicted molar refractivity (Wildman–Crippen MR) is 106 cm³/mol. The molecule has 2 aromatic rings. The summed E-state index contributed by atoms with van der Waals surface area (Å²) in [5.41, 5.74) is 3.52. The third-order valence-corrected chi connectivity index (χ3v) is 4.37. The number of hydrogen-bond acceptors (Lipinski definition) is 4. The Kier molecular flexibility index (Phi) is 7.21. The molecule has 2 rings (SSSR count). The molecular formula is C20H31N5O. The van der Waals surface area contributed by atoms with Crippen LogP contribution in [0.2, 0.25) is 0 Å². The van der Waals surface area contributed by atoms with Gasteiger partial charge in [-0.1, -0.05) is 48.8 Å². The Morgan fingerprint density at radius 2 is 1.88 bits per heavy atom. The second-order valence-corrected chi connectivity index (χ2v) is 7.07. The number of hydrogen-bond donors (Lipinski definition) is 2. The molecule has 1 aromatic carbocycles. The van der Waals surface area contributed by atoms with E-state index in [9.17, 15) is 0 Å². The Balaban J connectivity index is 1.92. The van der Waals surface area contributed by atoms with Crippen LogP contribution in [-0.4, -0.2) is 43.7 Å². The van der Waals surface area contributed by atoms with Crippen molar-refractivity contribution in [1.29, 1.82) is 0 Å². The highest BCUT2D eigenvalue weighted by molar-refractivity contribution is 5.79. The largest absolute Gasteiger partial charge is 0.359 e. The van der Waals surface area contributed by atoms with Gasteiger partial charge in [0.25, 0.3) is 0 Å². The van der Waals surface area contributed by atoms with Crippen LogP contribution in [0.25, 0.3) is 0 Å². The average Bonchev–Trinajstić information content (AvgIpc) is 3.08. The minimum atomic E-state index is 0.256. The molecule has 0 saturated heterocycles. The second-order valence-electron chi connectivity index (χ2n) is 7.07. The molecule has 0 radical (unpaired) electrons. The molecular weight excluding hydrogens is 326 g/mol. The van der Waals surface area contributed by atoms with Crippen LogP contribution < -0.4 is 10.6 Å². The van der Waals surface area contributed by atoms with Crippen molar-refractivity contribution in [3.63, 3.8) is 0 Å². The summed E-state index contributed by atoms with van der Waals surface area (Å²) in [6, 6.07) is 10.9. The Labute approximate surface area is 156 Å². The van der Waals surface area contributed by atoms with Gasteiger partial charge >= 0.3 is 0 Å². The molecule has 6 nitrogen and oxygen atoms in total. The van der Waals surface area contributed by atoms with E-state index in [0.29, 0.717) is 12.5 Å². The van der Waals surface area contributed by atoms with Gasteiger partial charge in [-0.3, -0.25) is 4.99 Å². The highest BCUT2D eigenvalue weighted by atomic mass is 16.5. The first-order chi connectivity index (χ1) is 12.4. The summed E-state index contributed by atoms with van der Waals surface area (Å²) in [5.74, 6) is 1.91. The molecule has 0 aliphatic rings. The van der Waals surface area contributed by atoms with E-state index in [1.165, 1.54) is 11.1 Å². The van der Waals surface area contributed by atoms with Crippen LogP contribution in [0.5, 0.6) is 0 Å². The maximum absolute atomic E-state index is 5.36. The van der Waals surface area contributed by atoms with Crippen molar-refractivity contribution >= 4 is 5.96 Å². The summed E-state index contributed by atoms with van der Waals surface area (Å²) in [7, 11) is 5.94. The molecule has 0 fully saturated rings. The number of benzene rings is 1. The van der Waals surface area contributed by atoms with E-state index in [1.54, 1.807) is 7.05 Å². The average molecular weight is 358 g/mol. The van der Waals surface area contributed by atoms with Crippen molar-refractivity contribution in [1.82, 2.24) is 20.7 Å². The molecule has 6 heteroatoms. The lowest BCUT2D eigenvalue weighted by atomic mass is 10.0. The summed E-state index contributed by atoms with van der Waals surface area (Å²) in [6.45, 7) is 7.61. The molecule has 2 N–H and O–H groups in total. The van der Waals surface area contributed by atoms with Gasteiger partial charge in [-0.05, 0) is 32.5 Å². The van der Waals surface area contributed by atoms with E-state index in [1.807, 2.05) is 6.07 Å². The fraction of sp³-hybridized carbons (Fsp3) is 0.500. The quantitative estimate of drug-likeness (QED) is 0.589. The normalized spacial score (nSPS) is 13.3. The molecule has 1 aromatic heterocycles. The van der Waals surface area contributed by atoms with Gasteiger partial charge in [-0.15, -0.1) is 0 Å². The lowest BCUT2D eigenvalue weighted by molar-refractivity contribution is 0.298. The van der Waals surface area contributed by atoms with Crippen LogP contribution >= 0.6 is 0 Å². The molecule has 0 spiro atoms. The smallest absolute Gasteiger partial charge is 0.191 e. The summed E-state index contributed by atoms with van der Waals surface area (Å²) < 4.78 is 5.36. The maximum atomic E-state index is 5.36. The molecule has 1 unspecified atom stereocenters. The first-order valence-corrected chi connectivity index (χ1v) is 9.03. The molecule has 1 atom stereocenters. The predicted octanol–water partition coefficient (Wildman–Crippen LogP) is 3.07. The minimum absolute atomic E-state index is 0.256. The molecule has 0 aliphatic carbocycles. The van der Waals surface area contributed by atoms with Crippen LogP contribution in [-0.2, 0) is 6.54 Å². The van der Waals surface area contributed by atoms with E-state index in [2.05, 4.69) is 84.8 Å². The van der Waals surface area contributed by atoms with E-state index < -0.39 is 0 Å². The molecule has 0 amide bonds. The lowest BCUT2D eigenvalue weighted by Crippen LogP contribution is -2.41. The standard InChI is InChI=1S/C20H31N5O/c1-14(2)18-11-17(26-24-18)12-22-20(21-4)23-13-19(25(5)6)16-9-7-15(3)8-10-16/h7-11,14,19H,12-13H2,1-6H3,(H2,21,22,23). The maximum Gasteiger partial charge on any atom is 0.191 e. The van der Waals surface area contributed by atoms with E-state index >= 15 is 0 Å². The molecule has 0 aliphatic heterocycles. The minimum Gasteiger partial charge on any atom is -0.359 e. The number of nitrogens with one attached hydrogen (secondary N) is 2. The summed E-state index contributed by atoms with van der Waals surface area (Å²) in [5, 5.41) is 10.8. The second kappa shape index (κ2) is 9.38. The highest BCUT2D eigenvalue weighted by Gasteiger charge is 2.15. The number of rotatable bonds is 7. The number of aromatic nitrogens is 1. The summed E-state index contributed by atoms with van der Waals surface area (Å²) in [4.78, 5) is 6.50. The lowest BCUT2D eigenvalue weighted by Gasteiger charge is -2.26. The number of nitrogens with zero attached hydrogens (tertiary/aromatic N) is 3. The van der Waals surface area contributed by atoms with Crippen molar-refractivity contribution in [3.8, 4) is 0 Å². The van der Waals surface area contributed by atoms with Crippen molar-refractivity contribution in [3.05, 3.63) is 52.9 Å². The molecule has 0 bridgehead atoms. The van der Waals surface area contributed by atoms with Gasteiger partial charge in [0, 0.05) is 19.7 Å². The van der Waals surface area contributed by atoms with Gasteiger partial charge < -0.3 is 20.1 Å². The number of likely N-dealkylation sites (N-methyl/N-ethyl adjacent to an activating group) is 1. The Morgan fingerprint density at radius 3 is 2.42 bits per heavy atom. The third kappa shape index (κ3) is 5.59. The van der Waals surface area contributed by atoms with Gasteiger partial charge in [0.15, 0.2) is 11.7 Å². The zero-order valence-corrected chi connectivity index (χ0v) is 16.7. The van der Waals surface area contributed by atoms with Crippen LogP contribution in [0.1, 0.15) is 48.4 Å². The van der Waals surface area contributed by atoms with E-state index in [0.717, 1.165) is 24.0 Å². The first-order valence-electron chi connectivity index (χ1n) is 9.03. The van der Waals surface area contributed by atoms with Gasteiger partial charge in [0.2, 0.25) is 0 Å². The Hall–Kier alpha value is -2.34. The van der Waals surface area contributed by atoms with Gasteiger partial charge in [0.1, 0.15) is 0 Å². The van der Waals surface area contributed by atoms with Gasteiger partial charge in [0.05, 0.1) is 18.3 Å². The number of aliphatic imine (C=N–C) groups is 1. The summed E-state index contributed by atoms with van der Waals surface area (Å²) >= 11 is 0. The van der Waals surface area contributed by atoms with Crippen LogP contribution in [0.4, 0.5) is 0 Å². The van der Waals surface area contributed by atoms with Crippen LogP contribution in [0.3, 0.4) is 0 Å². The monoisotopic (exact) mass is 357 g/mol.